The molecule has 2 rings (SSSR count). The molecule has 2 aromatic carbocycles. The van der Waals surface area contributed by atoms with Crippen LogP contribution >= 0.6 is 0 Å². The number of carbonyl (C=O) groups excluding carboxylic acids is 1. The Morgan fingerprint density at radius 1 is 0.895 bits per heavy atom. The number of hydrogen-bond donors (Lipinski definition) is 0. The molecule has 0 heterocycles. The predicted octanol–water partition coefficient (Wildman–Crippen LogP) is 5.10. The SMILES string of the molecule is CC.CC.COc1ccc2cc(C(C)=O)ccc2c1. The van der Waals surface area contributed by atoms with Gasteiger partial charge in [0, 0.05) is 5.56 Å². The minimum atomic E-state index is 0.0905. The van der Waals surface area contributed by atoms with Gasteiger partial charge >= 0.3 is 0 Å². The normalized spacial score (nSPS) is 8.74. The number of methoxy groups -OCH3 is 1. The summed E-state index contributed by atoms with van der Waals surface area (Å²) in [6, 6.07) is 11.5. The van der Waals surface area contributed by atoms with E-state index in [0.717, 1.165) is 22.1 Å². The van der Waals surface area contributed by atoms with E-state index in [9.17, 15) is 4.79 Å². The lowest BCUT2D eigenvalue weighted by Crippen LogP contribution is -1.91. The molecule has 0 atom stereocenters. The van der Waals surface area contributed by atoms with Crippen molar-refractivity contribution in [2.24, 2.45) is 0 Å². The fourth-order valence-corrected chi connectivity index (χ4v) is 1.57. The minimum Gasteiger partial charge on any atom is -0.497 e. The molecule has 0 spiro atoms. The van der Waals surface area contributed by atoms with E-state index in [0.29, 0.717) is 0 Å². The zero-order valence-corrected chi connectivity index (χ0v) is 12.8. The van der Waals surface area contributed by atoms with Crippen LogP contribution in [-0.2, 0) is 0 Å². The van der Waals surface area contributed by atoms with Gasteiger partial charge in [0.25, 0.3) is 0 Å². The highest BCUT2D eigenvalue weighted by molar-refractivity contribution is 5.98. The molecule has 0 fully saturated rings. The van der Waals surface area contributed by atoms with E-state index < -0.39 is 0 Å². The van der Waals surface area contributed by atoms with Crippen molar-refractivity contribution in [1.29, 1.82) is 0 Å². The molecule has 0 aromatic heterocycles. The molecule has 2 aromatic rings. The van der Waals surface area contributed by atoms with Crippen molar-refractivity contribution in [1.82, 2.24) is 0 Å². The zero-order chi connectivity index (χ0) is 14.8. The fraction of sp³-hybridized carbons (Fsp3) is 0.353. The molecule has 0 N–H and O–H groups in total. The summed E-state index contributed by atoms with van der Waals surface area (Å²) in [5.41, 5.74) is 0.743. The maximum Gasteiger partial charge on any atom is 0.159 e. The van der Waals surface area contributed by atoms with Crippen LogP contribution in [0.25, 0.3) is 10.8 Å². The summed E-state index contributed by atoms with van der Waals surface area (Å²) in [6.45, 7) is 9.57. The molecule has 0 unspecified atom stereocenters. The number of ether oxygens (including phenoxy) is 1. The van der Waals surface area contributed by atoms with Gasteiger partial charge in [0.15, 0.2) is 5.78 Å². The lowest BCUT2D eigenvalue weighted by Gasteiger charge is -2.03. The Morgan fingerprint density at radius 3 is 1.95 bits per heavy atom. The Labute approximate surface area is 116 Å². The molecular weight excluding hydrogens is 236 g/mol. The second-order valence-corrected chi connectivity index (χ2v) is 3.48. The fourth-order valence-electron chi connectivity index (χ4n) is 1.57. The molecule has 0 aliphatic heterocycles. The quantitative estimate of drug-likeness (QED) is 0.702. The molecule has 0 saturated carbocycles. The van der Waals surface area contributed by atoms with Crippen molar-refractivity contribution in [3.05, 3.63) is 42.0 Å². The molecule has 2 heteroatoms. The predicted molar refractivity (Wildman–Crippen MR) is 83.2 cm³/mol. The van der Waals surface area contributed by atoms with Crippen molar-refractivity contribution >= 4 is 16.6 Å². The Hall–Kier alpha value is -1.83. The Morgan fingerprint density at radius 2 is 1.42 bits per heavy atom. The monoisotopic (exact) mass is 260 g/mol. The molecular formula is C17H24O2. The van der Waals surface area contributed by atoms with E-state index in [-0.39, 0.29) is 5.78 Å². The Kier molecular flexibility index (Phi) is 8.27. The average Bonchev–Trinajstić information content (AvgIpc) is 2.50. The number of rotatable bonds is 2. The molecule has 19 heavy (non-hydrogen) atoms. The highest BCUT2D eigenvalue weighted by atomic mass is 16.5. The van der Waals surface area contributed by atoms with Crippen molar-refractivity contribution in [2.45, 2.75) is 34.6 Å². The molecule has 0 radical (unpaired) electrons. The molecule has 0 aliphatic carbocycles. The summed E-state index contributed by atoms with van der Waals surface area (Å²) in [6.07, 6.45) is 0. The van der Waals surface area contributed by atoms with Gasteiger partial charge in [-0.2, -0.15) is 0 Å². The number of Topliss-reactive ketones (excluding diaryl/α,β-unsaturated/α-hetero) is 1. The molecule has 104 valence electrons. The van der Waals surface area contributed by atoms with Gasteiger partial charge in [-0.1, -0.05) is 45.9 Å². The number of carbonyl (C=O) groups is 1. The van der Waals surface area contributed by atoms with Gasteiger partial charge in [0.05, 0.1) is 7.11 Å². The lowest BCUT2D eigenvalue weighted by molar-refractivity contribution is 0.101. The number of benzene rings is 2. The molecule has 0 amide bonds. The second kappa shape index (κ2) is 9.15. The Bertz CT molecular complexity index is 516. The smallest absolute Gasteiger partial charge is 0.159 e. The zero-order valence-electron chi connectivity index (χ0n) is 12.8. The molecule has 2 nitrogen and oxygen atoms in total. The minimum absolute atomic E-state index is 0.0905. The van der Waals surface area contributed by atoms with Gasteiger partial charge in [-0.3, -0.25) is 4.79 Å². The molecule has 0 saturated heterocycles. The van der Waals surface area contributed by atoms with Gasteiger partial charge in [0.1, 0.15) is 5.75 Å². The molecule has 0 bridgehead atoms. The van der Waals surface area contributed by atoms with Crippen molar-refractivity contribution in [2.75, 3.05) is 7.11 Å². The first-order valence-corrected chi connectivity index (χ1v) is 6.79. The van der Waals surface area contributed by atoms with Crippen molar-refractivity contribution in [3.8, 4) is 5.75 Å². The summed E-state index contributed by atoms with van der Waals surface area (Å²) in [5.74, 6) is 0.922. The van der Waals surface area contributed by atoms with E-state index in [2.05, 4.69) is 0 Å². The van der Waals surface area contributed by atoms with Crippen LogP contribution < -0.4 is 4.74 Å². The average molecular weight is 260 g/mol. The van der Waals surface area contributed by atoms with Crippen LogP contribution in [0.15, 0.2) is 36.4 Å². The third kappa shape index (κ3) is 4.74. The van der Waals surface area contributed by atoms with Gasteiger partial charge in [-0.25, -0.2) is 0 Å². The van der Waals surface area contributed by atoms with Crippen LogP contribution in [0.1, 0.15) is 45.0 Å². The first-order valence-electron chi connectivity index (χ1n) is 6.79. The number of fused-ring (bicyclic) bond motifs is 1. The number of ketones is 1. The molecule has 0 aliphatic rings. The van der Waals surface area contributed by atoms with Crippen molar-refractivity contribution < 1.29 is 9.53 Å². The maximum atomic E-state index is 11.2. The van der Waals surface area contributed by atoms with Gasteiger partial charge < -0.3 is 4.74 Å². The van der Waals surface area contributed by atoms with E-state index >= 15 is 0 Å². The van der Waals surface area contributed by atoms with Gasteiger partial charge in [0.2, 0.25) is 0 Å². The summed E-state index contributed by atoms with van der Waals surface area (Å²) in [7, 11) is 1.64. The third-order valence-corrected chi connectivity index (χ3v) is 2.45. The topological polar surface area (TPSA) is 26.3 Å². The van der Waals surface area contributed by atoms with Crippen LogP contribution in [0.2, 0.25) is 0 Å². The van der Waals surface area contributed by atoms with E-state index in [1.165, 1.54) is 0 Å². The summed E-state index contributed by atoms with van der Waals surface area (Å²) in [4.78, 5) is 11.2. The summed E-state index contributed by atoms with van der Waals surface area (Å²) >= 11 is 0. The number of hydrogen-bond acceptors (Lipinski definition) is 2. The standard InChI is InChI=1S/C13H12O2.2C2H6/c1-9(14)10-3-4-12-8-13(15-2)6-5-11(12)7-10;2*1-2/h3-8H,1-2H3;2*1-2H3. The van der Waals surface area contributed by atoms with E-state index in [1.54, 1.807) is 14.0 Å². The van der Waals surface area contributed by atoms with Crippen LogP contribution in [-0.4, -0.2) is 12.9 Å². The van der Waals surface area contributed by atoms with Crippen LogP contribution in [0.4, 0.5) is 0 Å². The first-order chi connectivity index (χ1) is 9.20. The maximum absolute atomic E-state index is 11.2. The summed E-state index contributed by atoms with van der Waals surface area (Å²) < 4.78 is 5.13. The van der Waals surface area contributed by atoms with Crippen LogP contribution in [0.5, 0.6) is 5.75 Å². The van der Waals surface area contributed by atoms with Gasteiger partial charge in [-0.15, -0.1) is 0 Å². The van der Waals surface area contributed by atoms with Crippen molar-refractivity contribution in [3.63, 3.8) is 0 Å². The summed E-state index contributed by atoms with van der Waals surface area (Å²) in [5, 5.41) is 2.14. The first kappa shape index (κ1) is 17.2. The lowest BCUT2D eigenvalue weighted by atomic mass is 10.0. The van der Waals surface area contributed by atoms with Gasteiger partial charge in [-0.05, 0) is 35.9 Å². The highest BCUT2D eigenvalue weighted by Gasteiger charge is 2.01. The Balaban J connectivity index is 0.000000741. The largest absolute Gasteiger partial charge is 0.497 e. The van der Waals surface area contributed by atoms with E-state index in [4.69, 9.17) is 4.74 Å². The third-order valence-electron chi connectivity index (χ3n) is 2.45. The second-order valence-electron chi connectivity index (χ2n) is 3.48. The van der Waals surface area contributed by atoms with Crippen LogP contribution in [0.3, 0.4) is 0 Å². The van der Waals surface area contributed by atoms with Crippen LogP contribution in [0, 0.1) is 0 Å². The van der Waals surface area contributed by atoms with E-state index in [1.807, 2.05) is 64.1 Å². The highest BCUT2D eigenvalue weighted by Crippen LogP contribution is 2.21.